The lowest BCUT2D eigenvalue weighted by molar-refractivity contribution is -0.136. The van der Waals surface area contributed by atoms with Crippen LogP contribution in [0.5, 0.6) is 5.75 Å². The van der Waals surface area contributed by atoms with Crippen molar-refractivity contribution in [2.45, 2.75) is 63.9 Å². The van der Waals surface area contributed by atoms with Crippen LogP contribution < -0.4 is 15.4 Å². The number of H-pyrrole nitrogens is 2. The van der Waals surface area contributed by atoms with Gasteiger partial charge in [-0.05, 0) is 77.6 Å². The summed E-state index contributed by atoms with van der Waals surface area (Å²) in [6.07, 6.45) is 4.46. The second kappa shape index (κ2) is 19.3. The van der Waals surface area contributed by atoms with Crippen molar-refractivity contribution in [1.82, 2.24) is 40.4 Å². The minimum atomic E-state index is -0.933. The van der Waals surface area contributed by atoms with E-state index in [0.29, 0.717) is 48.9 Å². The molecule has 5 aromatic carbocycles. The molecule has 0 radical (unpaired) electrons. The van der Waals surface area contributed by atoms with Gasteiger partial charge in [-0.2, -0.15) is 0 Å². The number of methoxy groups -OCH3 is 2. The Bertz CT molecular complexity index is 2930. The highest BCUT2D eigenvalue weighted by Crippen LogP contribution is 2.44. The Kier molecular flexibility index (Phi) is 12.7. The smallest absolute Gasteiger partial charge is 0.407 e. The molecule has 2 unspecified atom stereocenters. The molecule has 4 atom stereocenters. The zero-order valence-electron chi connectivity index (χ0n) is 37.7. The topological polar surface area (TPSA) is 184 Å². The number of amides is 4. The second-order valence-electron chi connectivity index (χ2n) is 16.8. The molecule has 342 valence electrons. The van der Waals surface area contributed by atoms with Gasteiger partial charge in [0, 0.05) is 29.6 Å². The second-order valence-corrected chi connectivity index (χ2v) is 16.8. The minimum absolute atomic E-state index is 0.222. The molecule has 2 aliphatic heterocycles. The van der Waals surface area contributed by atoms with Crippen molar-refractivity contribution in [3.63, 3.8) is 0 Å². The molecular formula is C52H52N8O7. The summed E-state index contributed by atoms with van der Waals surface area (Å²) in [6.45, 7) is 5.31. The van der Waals surface area contributed by atoms with Crippen LogP contribution in [0.4, 0.5) is 9.59 Å². The first-order valence-electron chi connectivity index (χ1n) is 22.5. The number of hydrogen-bond donors (Lipinski definition) is 4. The number of aromatic amines is 2. The molecule has 1 saturated heterocycles. The highest BCUT2D eigenvalue weighted by atomic mass is 16.5. The van der Waals surface area contributed by atoms with Crippen LogP contribution in [0.3, 0.4) is 0 Å². The van der Waals surface area contributed by atoms with Gasteiger partial charge in [-0.15, -0.1) is 0 Å². The first kappa shape index (κ1) is 44.3. The number of carbonyl (C=O) groups is 4. The van der Waals surface area contributed by atoms with E-state index in [-0.39, 0.29) is 17.9 Å². The van der Waals surface area contributed by atoms with Gasteiger partial charge < -0.3 is 44.6 Å². The van der Waals surface area contributed by atoms with E-state index in [1.807, 2.05) is 80.6 Å². The van der Waals surface area contributed by atoms with E-state index in [2.05, 4.69) is 63.1 Å². The first-order valence-corrected chi connectivity index (χ1v) is 22.5. The molecule has 4 heterocycles. The summed E-state index contributed by atoms with van der Waals surface area (Å²) in [5.74, 6) is 1.64. The monoisotopic (exact) mass is 900 g/mol. The summed E-state index contributed by atoms with van der Waals surface area (Å²) < 4.78 is 16.2. The Morgan fingerprint density at radius 2 is 1.43 bits per heavy atom. The Morgan fingerprint density at radius 3 is 2.15 bits per heavy atom. The molecule has 7 aromatic rings. The van der Waals surface area contributed by atoms with Gasteiger partial charge in [-0.1, -0.05) is 97.9 Å². The number of imidazole rings is 2. The average molecular weight is 901 g/mol. The molecule has 0 saturated carbocycles. The van der Waals surface area contributed by atoms with Crippen LogP contribution >= 0.6 is 0 Å². The van der Waals surface area contributed by atoms with Gasteiger partial charge in [0.25, 0.3) is 11.8 Å². The van der Waals surface area contributed by atoms with Crippen molar-refractivity contribution in [1.29, 1.82) is 0 Å². The Hall–Kier alpha value is -7.94. The maximum absolute atomic E-state index is 14.1. The maximum Gasteiger partial charge on any atom is 0.407 e. The fourth-order valence-corrected chi connectivity index (χ4v) is 9.23. The lowest BCUT2D eigenvalue weighted by atomic mass is 9.92. The van der Waals surface area contributed by atoms with Crippen LogP contribution in [0.2, 0.25) is 0 Å². The van der Waals surface area contributed by atoms with Gasteiger partial charge in [-0.25, -0.2) is 19.6 Å². The third-order valence-electron chi connectivity index (χ3n) is 12.7. The number of rotatable bonds is 13. The Balaban J connectivity index is 0.917. The predicted molar refractivity (Wildman–Crippen MR) is 252 cm³/mol. The number of aromatic nitrogens is 4. The number of carbonyl (C=O) groups excluding carboxylic acids is 4. The Morgan fingerprint density at radius 1 is 0.791 bits per heavy atom. The third-order valence-corrected chi connectivity index (χ3v) is 12.7. The molecule has 4 amide bonds. The summed E-state index contributed by atoms with van der Waals surface area (Å²) in [5, 5.41) is 7.43. The number of nitrogens with zero attached hydrogens (tertiary/aromatic N) is 4. The summed E-state index contributed by atoms with van der Waals surface area (Å²) >= 11 is 0. The molecule has 15 nitrogen and oxygen atoms in total. The summed E-state index contributed by atoms with van der Waals surface area (Å²) in [7, 11) is 2.56. The zero-order chi connectivity index (χ0) is 46.6. The molecule has 67 heavy (non-hydrogen) atoms. The molecule has 15 heteroatoms. The lowest BCUT2D eigenvalue weighted by Crippen LogP contribution is -2.44. The van der Waals surface area contributed by atoms with Crippen LogP contribution in [0.1, 0.15) is 85.6 Å². The zero-order valence-corrected chi connectivity index (χ0v) is 37.7. The molecule has 0 bridgehead atoms. The van der Waals surface area contributed by atoms with Crippen molar-refractivity contribution in [3.8, 4) is 39.4 Å². The molecular weight excluding hydrogens is 849 g/mol. The third kappa shape index (κ3) is 8.92. The molecule has 2 aromatic heterocycles. The van der Waals surface area contributed by atoms with E-state index >= 15 is 0 Å². The lowest BCUT2D eigenvalue weighted by Gasteiger charge is -2.31. The van der Waals surface area contributed by atoms with Gasteiger partial charge in [-0.3, -0.25) is 9.59 Å². The molecule has 0 aliphatic carbocycles. The van der Waals surface area contributed by atoms with Gasteiger partial charge in [0.2, 0.25) is 0 Å². The first-order chi connectivity index (χ1) is 32.6. The summed E-state index contributed by atoms with van der Waals surface area (Å²) in [5.41, 5.74) is 7.96. The van der Waals surface area contributed by atoms with Crippen molar-refractivity contribution in [2.75, 3.05) is 27.3 Å². The van der Waals surface area contributed by atoms with Crippen molar-refractivity contribution >= 4 is 34.8 Å². The molecule has 9 rings (SSSR count). The van der Waals surface area contributed by atoms with Crippen LogP contribution in [-0.2, 0) is 25.7 Å². The van der Waals surface area contributed by atoms with Crippen molar-refractivity contribution in [3.05, 3.63) is 150 Å². The number of likely N-dealkylation sites (tertiary alicyclic amines) is 1. The van der Waals surface area contributed by atoms with E-state index in [1.165, 1.54) is 14.2 Å². The molecule has 2 aliphatic rings. The number of alkyl carbamates (subject to hydrolysis) is 2. The van der Waals surface area contributed by atoms with Crippen molar-refractivity contribution < 1.29 is 33.4 Å². The normalized spacial score (nSPS) is 15.3. The van der Waals surface area contributed by atoms with Crippen molar-refractivity contribution in [2.24, 2.45) is 0 Å². The highest BCUT2D eigenvalue weighted by Gasteiger charge is 2.37. The van der Waals surface area contributed by atoms with Gasteiger partial charge >= 0.3 is 12.2 Å². The summed E-state index contributed by atoms with van der Waals surface area (Å²) in [4.78, 5) is 72.8. The van der Waals surface area contributed by atoms with E-state index in [0.717, 1.165) is 68.6 Å². The van der Waals surface area contributed by atoms with E-state index in [4.69, 9.17) is 24.2 Å². The summed E-state index contributed by atoms with van der Waals surface area (Å²) in [6, 6.07) is 32.5. The van der Waals surface area contributed by atoms with E-state index in [1.54, 1.807) is 22.2 Å². The number of benzene rings is 5. The standard InChI is InChI=1S/C52H52N8O7/c1-5-24-59(49(61)44(57-51(63)65-3)32-13-8-6-9-14-32)31(2)47-53-28-41(55-47)35-20-22-39-34(26-35)18-23-40-38-21-19-36(27-37(38)30-67-46(39)40)42-29-54-48(56-42)43-17-12-25-60(43)50(62)45(58-52(64)66-4)33-15-10-7-11-16-33/h6-11,13-16,18-23,26-29,31,43-45H,5,12,17,24-25,30H2,1-4H3,(H,53,55)(H,54,56)(H,57,63)(H,58,64)/t31-,43-,44?,45?/m0/s1. The molecule has 0 spiro atoms. The predicted octanol–water partition coefficient (Wildman–Crippen LogP) is 9.34. The highest BCUT2D eigenvalue weighted by molar-refractivity contribution is 5.98. The molecule has 4 N–H and O–H groups in total. The fraction of sp³-hybridized carbons (Fsp3) is 0.269. The van der Waals surface area contributed by atoms with Crippen LogP contribution in [-0.4, -0.2) is 81.0 Å². The van der Waals surface area contributed by atoms with Gasteiger partial charge in [0.1, 0.15) is 36.1 Å². The van der Waals surface area contributed by atoms with Gasteiger partial charge in [0.05, 0.1) is 50.1 Å². The quantitative estimate of drug-likeness (QED) is 0.0876. The van der Waals surface area contributed by atoms with Crippen LogP contribution in [0, 0.1) is 0 Å². The Labute approximate surface area is 387 Å². The number of fused-ring (bicyclic) bond motifs is 5. The van der Waals surface area contributed by atoms with E-state index in [9.17, 15) is 19.2 Å². The maximum atomic E-state index is 14.1. The SMILES string of the molecule is CCCN(C(=O)C(NC(=O)OC)c1ccccc1)[C@@H](C)c1ncc(-c2ccc3c4c(ccc3c2)-c2ccc(-c3cnc([C@@H]5CCCN5C(=O)C(NC(=O)OC)c5ccccc5)[nH]3)cc2CO4)[nH]1. The number of nitrogens with one attached hydrogen (secondary N) is 4. The van der Waals surface area contributed by atoms with Crippen LogP contribution in [0.15, 0.2) is 122 Å². The van der Waals surface area contributed by atoms with Gasteiger partial charge in [0.15, 0.2) is 0 Å². The van der Waals surface area contributed by atoms with Crippen LogP contribution in [0.25, 0.3) is 44.4 Å². The average Bonchev–Trinajstić information content (AvgIpc) is 4.18. The fourth-order valence-electron chi connectivity index (χ4n) is 9.23. The number of ether oxygens (including phenoxy) is 3. The minimum Gasteiger partial charge on any atom is -0.488 e. The largest absolute Gasteiger partial charge is 0.488 e. The van der Waals surface area contributed by atoms with E-state index < -0.39 is 30.3 Å². The molecule has 1 fully saturated rings. The number of hydrogen-bond acceptors (Lipinski definition) is 9.